The van der Waals surface area contributed by atoms with Crippen molar-refractivity contribution < 1.29 is 19.1 Å². The largest absolute Gasteiger partial charge is 0.465 e. The molecule has 0 saturated carbocycles. The van der Waals surface area contributed by atoms with Gasteiger partial charge in [-0.3, -0.25) is 9.36 Å². The Kier molecular flexibility index (Phi) is 4.79. The van der Waals surface area contributed by atoms with Crippen LogP contribution in [0, 0.1) is 11.3 Å². The Morgan fingerprint density at radius 1 is 1.23 bits per heavy atom. The summed E-state index contributed by atoms with van der Waals surface area (Å²) in [6.07, 6.45) is 0.915. The summed E-state index contributed by atoms with van der Waals surface area (Å²) in [5.74, 6) is -1.71. The van der Waals surface area contributed by atoms with Crippen LogP contribution in [0.4, 0.5) is 4.79 Å². The molecular weight excluding hydrogens is 284 g/mol. The highest BCUT2D eigenvalue weighted by Crippen LogP contribution is 2.28. The van der Waals surface area contributed by atoms with Crippen molar-refractivity contribution in [3.63, 3.8) is 0 Å². The van der Waals surface area contributed by atoms with Crippen LogP contribution in [0.25, 0.3) is 10.9 Å². The summed E-state index contributed by atoms with van der Waals surface area (Å²) < 4.78 is 11.2. The Morgan fingerprint density at radius 2 is 1.91 bits per heavy atom. The van der Waals surface area contributed by atoms with Crippen molar-refractivity contribution in [2.45, 2.75) is 19.8 Å². The van der Waals surface area contributed by atoms with Crippen molar-refractivity contribution in [3.8, 4) is 6.07 Å². The fourth-order valence-electron chi connectivity index (χ4n) is 2.25. The molecule has 0 radical (unpaired) electrons. The predicted molar refractivity (Wildman–Crippen MR) is 79.3 cm³/mol. The third-order valence-electron chi connectivity index (χ3n) is 3.17. The number of nitriles is 1. The van der Waals surface area contributed by atoms with E-state index in [-0.39, 0.29) is 13.2 Å². The molecule has 0 aliphatic heterocycles. The lowest BCUT2D eigenvalue weighted by Gasteiger charge is -2.07. The lowest BCUT2D eigenvalue weighted by Crippen LogP contribution is -2.15. The molecule has 1 atom stereocenters. The number of hydrogen-bond donors (Lipinski definition) is 0. The molecule has 2 aromatic rings. The number of aromatic nitrogens is 1. The second-order valence-corrected chi connectivity index (χ2v) is 4.48. The van der Waals surface area contributed by atoms with E-state index in [2.05, 4.69) is 0 Å². The van der Waals surface area contributed by atoms with Crippen LogP contribution < -0.4 is 0 Å². The van der Waals surface area contributed by atoms with Crippen molar-refractivity contribution in [1.82, 2.24) is 4.57 Å². The Balaban J connectivity index is 2.57. The summed E-state index contributed by atoms with van der Waals surface area (Å²) in [6.45, 7) is 3.81. The summed E-state index contributed by atoms with van der Waals surface area (Å²) in [4.78, 5) is 24.0. The minimum absolute atomic E-state index is 0.188. The number of para-hydroxylation sites is 1. The number of benzene rings is 1. The summed E-state index contributed by atoms with van der Waals surface area (Å²) in [6, 6.07) is 8.97. The van der Waals surface area contributed by atoms with E-state index in [1.165, 1.54) is 10.8 Å². The first-order valence-electron chi connectivity index (χ1n) is 6.97. The van der Waals surface area contributed by atoms with Crippen LogP contribution in [0.1, 0.15) is 25.3 Å². The quantitative estimate of drug-likeness (QED) is 0.811. The van der Waals surface area contributed by atoms with Gasteiger partial charge in [-0.1, -0.05) is 18.2 Å². The molecule has 6 heteroatoms. The van der Waals surface area contributed by atoms with Crippen molar-refractivity contribution in [3.05, 3.63) is 36.0 Å². The first-order valence-corrected chi connectivity index (χ1v) is 6.97. The number of esters is 1. The Bertz CT molecular complexity index is 742. The molecule has 0 aliphatic carbocycles. The van der Waals surface area contributed by atoms with Crippen LogP contribution in [-0.2, 0) is 14.3 Å². The van der Waals surface area contributed by atoms with E-state index in [4.69, 9.17) is 9.47 Å². The zero-order chi connectivity index (χ0) is 16.1. The number of carbonyl (C=O) groups is 2. The molecule has 0 amide bonds. The maximum atomic E-state index is 12.0. The van der Waals surface area contributed by atoms with Crippen LogP contribution >= 0.6 is 0 Å². The van der Waals surface area contributed by atoms with Gasteiger partial charge in [-0.25, -0.2) is 4.79 Å². The van der Waals surface area contributed by atoms with E-state index < -0.39 is 18.0 Å². The van der Waals surface area contributed by atoms with E-state index >= 15 is 0 Å². The summed E-state index contributed by atoms with van der Waals surface area (Å²) in [5, 5.41) is 9.96. The molecule has 0 fully saturated rings. The van der Waals surface area contributed by atoms with Gasteiger partial charge in [-0.15, -0.1) is 0 Å². The fourth-order valence-corrected chi connectivity index (χ4v) is 2.25. The average Bonchev–Trinajstić information content (AvgIpc) is 2.89. The van der Waals surface area contributed by atoms with Gasteiger partial charge in [0.25, 0.3) is 0 Å². The Labute approximate surface area is 127 Å². The molecule has 0 N–H and O–H groups in total. The Hall–Kier alpha value is -2.81. The van der Waals surface area contributed by atoms with Gasteiger partial charge < -0.3 is 9.47 Å². The van der Waals surface area contributed by atoms with Gasteiger partial charge in [0, 0.05) is 17.1 Å². The molecule has 6 nitrogen and oxygen atoms in total. The molecule has 1 aromatic heterocycles. The maximum Gasteiger partial charge on any atom is 0.418 e. The first kappa shape index (κ1) is 15.6. The molecule has 1 aromatic carbocycles. The topological polar surface area (TPSA) is 81.3 Å². The SMILES string of the molecule is CCOC(=O)C(C#N)c1cn(C(=O)OCC)c2ccccc12. The zero-order valence-corrected chi connectivity index (χ0v) is 12.4. The van der Waals surface area contributed by atoms with E-state index in [9.17, 15) is 14.9 Å². The third kappa shape index (κ3) is 2.79. The van der Waals surface area contributed by atoms with Gasteiger partial charge in [0.05, 0.1) is 24.8 Å². The lowest BCUT2D eigenvalue weighted by atomic mass is 10.0. The van der Waals surface area contributed by atoms with Gasteiger partial charge in [0.2, 0.25) is 0 Å². The first-order chi connectivity index (χ1) is 10.6. The minimum Gasteiger partial charge on any atom is -0.465 e. The smallest absolute Gasteiger partial charge is 0.418 e. The number of fused-ring (bicyclic) bond motifs is 1. The van der Waals surface area contributed by atoms with Gasteiger partial charge in [-0.2, -0.15) is 5.26 Å². The van der Waals surface area contributed by atoms with Crippen molar-refractivity contribution in [2.75, 3.05) is 13.2 Å². The minimum atomic E-state index is -1.08. The van der Waals surface area contributed by atoms with Crippen LogP contribution in [0.15, 0.2) is 30.5 Å². The molecule has 0 spiro atoms. The molecule has 22 heavy (non-hydrogen) atoms. The van der Waals surface area contributed by atoms with Crippen molar-refractivity contribution in [1.29, 1.82) is 5.26 Å². The van der Waals surface area contributed by atoms with Gasteiger partial charge in [0.15, 0.2) is 5.92 Å². The van der Waals surface area contributed by atoms with E-state index in [1.54, 1.807) is 38.1 Å². The third-order valence-corrected chi connectivity index (χ3v) is 3.17. The second-order valence-electron chi connectivity index (χ2n) is 4.48. The van der Waals surface area contributed by atoms with Gasteiger partial charge in [-0.05, 0) is 19.9 Å². The predicted octanol–water partition coefficient (Wildman–Crippen LogP) is 2.82. The summed E-state index contributed by atoms with van der Waals surface area (Å²) >= 11 is 0. The van der Waals surface area contributed by atoms with Crippen molar-refractivity contribution >= 4 is 23.0 Å². The highest BCUT2D eigenvalue weighted by molar-refractivity contribution is 5.96. The normalized spacial score (nSPS) is 11.7. The number of carbonyl (C=O) groups excluding carboxylic acids is 2. The molecule has 2 rings (SSSR count). The second kappa shape index (κ2) is 6.76. The standard InChI is InChI=1S/C16H16N2O4/c1-3-21-15(19)12(9-17)13-10-18(16(20)22-4-2)14-8-6-5-7-11(13)14/h5-8,10,12H,3-4H2,1-2H3. The highest BCUT2D eigenvalue weighted by Gasteiger charge is 2.27. The van der Waals surface area contributed by atoms with Crippen molar-refractivity contribution in [2.24, 2.45) is 0 Å². The van der Waals surface area contributed by atoms with Crippen LogP contribution in [0.2, 0.25) is 0 Å². The lowest BCUT2D eigenvalue weighted by molar-refractivity contribution is -0.143. The zero-order valence-electron chi connectivity index (χ0n) is 12.4. The molecular formula is C16H16N2O4. The fraction of sp³-hybridized carbons (Fsp3) is 0.312. The van der Waals surface area contributed by atoms with Gasteiger partial charge >= 0.3 is 12.1 Å². The summed E-state index contributed by atoms with van der Waals surface area (Å²) in [7, 11) is 0. The molecule has 0 bridgehead atoms. The van der Waals surface area contributed by atoms with Crippen LogP contribution in [-0.4, -0.2) is 29.8 Å². The molecule has 1 unspecified atom stereocenters. The number of nitrogens with zero attached hydrogens (tertiary/aromatic N) is 2. The van der Waals surface area contributed by atoms with E-state index in [0.717, 1.165) is 0 Å². The van der Waals surface area contributed by atoms with Crippen LogP contribution in [0.3, 0.4) is 0 Å². The van der Waals surface area contributed by atoms with E-state index in [0.29, 0.717) is 16.5 Å². The van der Waals surface area contributed by atoms with Crippen LogP contribution in [0.5, 0.6) is 0 Å². The number of ether oxygens (including phenoxy) is 2. The number of rotatable bonds is 4. The molecule has 0 saturated heterocycles. The molecule has 114 valence electrons. The maximum absolute atomic E-state index is 12.0. The summed E-state index contributed by atoms with van der Waals surface area (Å²) in [5.41, 5.74) is 1.02. The molecule has 0 aliphatic rings. The van der Waals surface area contributed by atoms with Gasteiger partial charge in [0.1, 0.15) is 0 Å². The monoisotopic (exact) mass is 300 g/mol. The molecule has 1 heterocycles. The van der Waals surface area contributed by atoms with E-state index in [1.807, 2.05) is 6.07 Å². The number of hydrogen-bond acceptors (Lipinski definition) is 5. The highest BCUT2D eigenvalue weighted by atomic mass is 16.5. The average molecular weight is 300 g/mol. The Morgan fingerprint density at radius 3 is 2.55 bits per heavy atom.